The van der Waals surface area contributed by atoms with E-state index >= 15 is 0 Å². The summed E-state index contributed by atoms with van der Waals surface area (Å²) in [5.74, 6) is -1.33. The van der Waals surface area contributed by atoms with Crippen molar-refractivity contribution in [2.45, 2.75) is 12.8 Å². The Bertz CT molecular complexity index is 821. The molecule has 0 saturated carbocycles. The Morgan fingerprint density at radius 1 is 1.16 bits per heavy atom. The average Bonchev–Trinajstić information content (AvgIpc) is 2.95. The van der Waals surface area contributed by atoms with Gasteiger partial charge in [-0.25, -0.2) is 9.78 Å². The van der Waals surface area contributed by atoms with Crippen molar-refractivity contribution in [3.63, 3.8) is 0 Å². The molecule has 1 saturated heterocycles. The third kappa shape index (κ3) is 4.02. The summed E-state index contributed by atoms with van der Waals surface area (Å²) in [6, 6.07) is 8.17. The van der Waals surface area contributed by atoms with Crippen LogP contribution in [-0.4, -0.2) is 39.0 Å². The Kier molecular flexibility index (Phi) is 4.74. The molecule has 1 fully saturated rings. The van der Waals surface area contributed by atoms with Gasteiger partial charge in [0.2, 0.25) is 0 Å². The minimum absolute atomic E-state index is 0.0412. The highest BCUT2D eigenvalue weighted by Crippen LogP contribution is 2.14. The summed E-state index contributed by atoms with van der Waals surface area (Å²) in [7, 11) is 0. The van der Waals surface area contributed by atoms with Crippen molar-refractivity contribution in [1.82, 2.24) is 15.0 Å². The fourth-order valence-corrected chi connectivity index (χ4v) is 2.03. The van der Waals surface area contributed by atoms with Crippen LogP contribution in [0.5, 0.6) is 0 Å². The molecule has 3 rings (SSSR count). The quantitative estimate of drug-likeness (QED) is 0.493. The van der Waals surface area contributed by atoms with Gasteiger partial charge in [-0.2, -0.15) is 5.10 Å². The van der Waals surface area contributed by atoms with E-state index in [9.17, 15) is 14.4 Å². The molecule has 0 spiro atoms. The molecule has 1 aliphatic heterocycles. The maximum atomic E-state index is 12.1. The van der Waals surface area contributed by atoms with E-state index in [0.717, 1.165) is 0 Å². The topological polar surface area (TPSA) is 114 Å². The van der Waals surface area contributed by atoms with Crippen molar-refractivity contribution in [2.75, 3.05) is 5.43 Å². The van der Waals surface area contributed by atoms with E-state index in [1.807, 2.05) is 0 Å². The summed E-state index contributed by atoms with van der Waals surface area (Å²) in [5, 5.41) is 4.47. The summed E-state index contributed by atoms with van der Waals surface area (Å²) >= 11 is 0. The van der Waals surface area contributed by atoms with Crippen LogP contribution in [0.3, 0.4) is 0 Å². The number of hydrazone groups is 1. The molecular formula is C16H13N5O4. The number of nitrogens with zero attached hydrogens (tertiary/aromatic N) is 4. The van der Waals surface area contributed by atoms with Gasteiger partial charge in [0.15, 0.2) is 0 Å². The van der Waals surface area contributed by atoms with E-state index in [1.54, 1.807) is 24.4 Å². The lowest BCUT2D eigenvalue weighted by Crippen LogP contribution is -2.32. The van der Waals surface area contributed by atoms with Gasteiger partial charge in [-0.3, -0.25) is 20.0 Å². The minimum Gasteiger partial charge on any atom is -0.325 e. The normalized spacial score (nSPS) is 14.2. The van der Waals surface area contributed by atoms with Crippen molar-refractivity contribution >= 4 is 29.8 Å². The van der Waals surface area contributed by atoms with Crippen LogP contribution in [0, 0.1) is 0 Å². The van der Waals surface area contributed by atoms with E-state index in [-0.39, 0.29) is 18.4 Å². The maximum Gasteiger partial charge on any atom is 0.364 e. The van der Waals surface area contributed by atoms with Crippen molar-refractivity contribution in [3.05, 3.63) is 54.0 Å². The number of hydrogen-bond acceptors (Lipinski definition) is 8. The highest BCUT2D eigenvalue weighted by Gasteiger charge is 2.33. The predicted octanol–water partition coefficient (Wildman–Crippen LogP) is 1.14. The first kappa shape index (κ1) is 16.2. The number of rotatable bonds is 5. The predicted molar refractivity (Wildman–Crippen MR) is 86.2 cm³/mol. The van der Waals surface area contributed by atoms with E-state index in [0.29, 0.717) is 16.6 Å². The molecule has 0 radical (unpaired) electrons. The number of pyridine rings is 2. The van der Waals surface area contributed by atoms with Gasteiger partial charge in [0, 0.05) is 25.2 Å². The van der Waals surface area contributed by atoms with E-state index in [2.05, 4.69) is 20.5 Å². The molecule has 2 aromatic heterocycles. The van der Waals surface area contributed by atoms with Gasteiger partial charge in [-0.15, -0.1) is 5.06 Å². The first-order valence-electron chi connectivity index (χ1n) is 7.38. The number of amides is 2. The number of carbonyl (C=O) groups is 3. The zero-order chi connectivity index (χ0) is 17.6. The second-order valence-electron chi connectivity index (χ2n) is 5.01. The molecule has 1 N–H and O–H groups in total. The molecule has 3 heterocycles. The van der Waals surface area contributed by atoms with Crippen LogP contribution in [-0.2, 0) is 14.4 Å². The van der Waals surface area contributed by atoms with Crippen LogP contribution in [0.4, 0.5) is 5.82 Å². The molecule has 9 heteroatoms. The van der Waals surface area contributed by atoms with Crippen LogP contribution < -0.4 is 5.43 Å². The monoisotopic (exact) mass is 339 g/mol. The van der Waals surface area contributed by atoms with Gasteiger partial charge in [0.1, 0.15) is 5.82 Å². The van der Waals surface area contributed by atoms with E-state index in [1.165, 1.54) is 24.5 Å². The Morgan fingerprint density at radius 2 is 1.96 bits per heavy atom. The molecule has 0 bridgehead atoms. The summed E-state index contributed by atoms with van der Waals surface area (Å²) in [6.45, 7) is 0. The fraction of sp³-hybridized carbons (Fsp3) is 0.125. The number of hydrogen-bond donors (Lipinski definition) is 1. The lowest BCUT2D eigenvalue weighted by Gasteiger charge is -2.12. The average molecular weight is 339 g/mol. The number of nitrogens with one attached hydrogen (secondary N) is 1. The van der Waals surface area contributed by atoms with Gasteiger partial charge in [0.05, 0.1) is 17.5 Å². The van der Waals surface area contributed by atoms with E-state index < -0.39 is 17.8 Å². The van der Waals surface area contributed by atoms with Crippen molar-refractivity contribution in [2.24, 2.45) is 5.10 Å². The second-order valence-corrected chi connectivity index (χ2v) is 5.01. The number of imide groups is 1. The maximum absolute atomic E-state index is 12.1. The highest BCUT2D eigenvalue weighted by atomic mass is 16.7. The second kappa shape index (κ2) is 7.30. The van der Waals surface area contributed by atoms with Gasteiger partial charge < -0.3 is 4.84 Å². The van der Waals surface area contributed by atoms with Crippen LogP contribution in [0.1, 0.15) is 28.9 Å². The largest absolute Gasteiger partial charge is 0.364 e. The smallest absolute Gasteiger partial charge is 0.325 e. The number of aromatic nitrogens is 2. The van der Waals surface area contributed by atoms with Crippen molar-refractivity contribution in [3.8, 4) is 0 Å². The molecule has 0 aliphatic carbocycles. The highest BCUT2D eigenvalue weighted by molar-refractivity contribution is 6.02. The lowest BCUT2D eigenvalue weighted by atomic mass is 10.2. The van der Waals surface area contributed by atoms with Gasteiger partial charge in [0.25, 0.3) is 11.8 Å². The molecular weight excluding hydrogens is 326 g/mol. The van der Waals surface area contributed by atoms with Crippen molar-refractivity contribution in [1.29, 1.82) is 0 Å². The first-order valence-corrected chi connectivity index (χ1v) is 7.38. The molecule has 0 atom stereocenters. The van der Waals surface area contributed by atoms with Crippen LogP contribution >= 0.6 is 0 Å². The third-order valence-corrected chi connectivity index (χ3v) is 3.24. The van der Waals surface area contributed by atoms with Gasteiger partial charge in [-0.1, -0.05) is 6.07 Å². The molecule has 0 aromatic carbocycles. The first-order chi connectivity index (χ1) is 12.1. The molecule has 25 heavy (non-hydrogen) atoms. The van der Waals surface area contributed by atoms with Crippen molar-refractivity contribution < 1.29 is 19.2 Å². The summed E-state index contributed by atoms with van der Waals surface area (Å²) in [5.41, 5.74) is 3.24. The number of anilines is 1. The Hall–Kier alpha value is -3.62. The molecule has 2 aromatic rings. The SMILES string of the molecule is O=C(ON1C(=O)CCC1=O)c1ccnc(/C=N/Nc2ccccn2)c1. The Balaban J connectivity index is 1.65. The van der Waals surface area contributed by atoms with E-state index in [4.69, 9.17) is 4.84 Å². The Labute approximate surface area is 142 Å². The summed E-state index contributed by atoms with van der Waals surface area (Å²) in [6.07, 6.45) is 4.50. The molecule has 1 aliphatic rings. The van der Waals surface area contributed by atoms with Crippen LogP contribution in [0.25, 0.3) is 0 Å². The van der Waals surface area contributed by atoms with Gasteiger partial charge >= 0.3 is 5.97 Å². The molecule has 2 amide bonds. The third-order valence-electron chi connectivity index (χ3n) is 3.24. The zero-order valence-electron chi connectivity index (χ0n) is 13.0. The standard InChI is InChI=1S/C16H13N5O4/c22-14-4-5-15(23)21(14)25-16(24)11-6-8-17-12(9-11)10-19-20-13-3-1-2-7-18-13/h1-3,6-10H,4-5H2,(H,18,20)/b19-10+. The van der Waals surface area contributed by atoms with Gasteiger partial charge in [-0.05, 0) is 24.3 Å². The zero-order valence-corrected chi connectivity index (χ0v) is 13.0. The Morgan fingerprint density at radius 3 is 2.68 bits per heavy atom. The molecule has 9 nitrogen and oxygen atoms in total. The van der Waals surface area contributed by atoms with Crippen LogP contribution in [0.2, 0.25) is 0 Å². The lowest BCUT2D eigenvalue weighted by molar-refractivity contribution is -0.172. The number of carbonyl (C=O) groups excluding carboxylic acids is 3. The molecule has 126 valence electrons. The number of hydroxylamine groups is 2. The summed E-state index contributed by atoms with van der Waals surface area (Å²) in [4.78, 5) is 48.0. The fourth-order valence-electron chi connectivity index (χ4n) is 2.03. The summed E-state index contributed by atoms with van der Waals surface area (Å²) < 4.78 is 0. The van der Waals surface area contributed by atoms with Crippen LogP contribution in [0.15, 0.2) is 47.8 Å². The molecule has 0 unspecified atom stereocenters. The minimum atomic E-state index is -0.821.